The molecule has 3 heterocycles. The molecule has 0 bridgehead atoms. The van der Waals surface area contributed by atoms with Crippen molar-refractivity contribution in [2.24, 2.45) is 7.05 Å². The molecule has 1 fully saturated rings. The molecule has 1 aromatic carbocycles. The number of fused-ring (bicyclic) bond motifs is 1. The van der Waals surface area contributed by atoms with Crippen molar-refractivity contribution in [1.82, 2.24) is 19.1 Å². The number of rotatable bonds is 6. The Bertz CT molecular complexity index is 1120. The first kappa shape index (κ1) is 21.1. The van der Waals surface area contributed by atoms with E-state index in [-0.39, 0.29) is 23.9 Å². The van der Waals surface area contributed by atoms with Gasteiger partial charge in [0, 0.05) is 45.3 Å². The minimum atomic E-state index is -0.482. The van der Waals surface area contributed by atoms with Crippen LogP contribution in [0, 0.1) is 0 Å². The van der Waals surface area contributed by atoms with Crippen LogP contribution in [-0.2, 0) is 18.3 Å². The van der Waals surface area contributed by atoms with Gasteiger partial charge in [0.1, 0.15) is 0 Å². The molecule has 1 aliphatic heterocycles. The topological polar surface area (TPSA) is 72.1 Å². The average Bonchev–Trinajstić information content (AvgIpc) is 3.23. The summed E-state index contributed by atoms with van der Waals surface area (Å²) in [5.41, 5.74) is 2.73. The van der Waals surface area contributed by atoms with Crippen molar-refractivity contribution in [2.75, 3.05) is 31.1 Å². The summed E-state index contributed by atoms with van der Waals surface area (Å²) < 4.78 is 8.21. The lowest BCUT2D eigenvalue weighted by atomic mass is 10.1. The van der Waals surface area contributed by atoms with E-state index in [4.69, 9.17) is 4.74 Å². The lowest BCUT2D eigenvalue weighted by Crippen LogP contribution is -2.53. The van der Waals surface area contributed by atoms with Crippen LogP contribution in [0.1, 0.15) is 36.3 Å². The molecule has 164 valence electrons. The number of piperazine rings is 1. The predicted molar refractivity (Wildman–Crippen MR) is 120 cm³/mol. The fraction of sp³-hybridized carbons (Fsp3) is 0.435. The minimum Gasteiger partial charge on any atom is -0.461 e. The Balaban J connectivity index is 1.65. The van der Waals surface area contributed by atoms with Gasteiger partial charge in [0.05, 0.1) is 18.5 Å². The summed E-state index contributed by atoms with van der Waals surface area (Å²) in [5, 5.41) is 0. The van der Waals surface area contributed by atoms with Gasteiger partial charge in [-0.05, 0) is 18.9 Å². The van der Waals surface area contributed by atoms with Crippen molar-refractivity contribution in [1.29, 1.82) is 0 Å². The van der Waals surface area contributed by atoms with Gasteiger partial charge in [-0.3, -0.25) is 9.69 Å². The molecule has 1 saturated heterocycles. The Morgan fingerprint density at radius 3 is 2.68 bits per heavy atom. The van der Waals surface area contributed by atoms with Gasteiger partial charge in [-0.1, -0.05) is 37.3 Å². The fourth-order valence-electron chi connectivity index (χ4n) is 4.24. The average molecular weight is 424 g/mol. The predicted octanol–water partition coefficient (Wildman–Crippen LogP) is 2.31. The summed E-state index contributed by atoms with van der Waals surface area (Å²) in [7, 11) is 1.67. The molecule has 4 rings (SSSR count). The normalized spacial score (nSPS) is 17.3. The number of carbonyl (C=O) groups is 1. The van der Waals surface area contributed by atoms with E-state index < -0.39 is 5.97 Å². The Morgan fingerprint density at radius 2 is 1.97 bits per heavy atom. The molecule has 31 heavy (non-hydrogen) atoms. The van der Waals surface area contributed by atoms with Crippen LogP contribution in [0.4, 0.5) is 5.69 Å². The van der Waals surface area contributed by atoms with E-state index in [0.29, 0.717) is 5.65 Å². The molecular weight excluding hydrogens is 394 g/mol. The van der Waals surface area contributed by atoms with Crippen LogP contribution in [0.2, 0.25) is 0 Å². The van der Waals surface area contributed by atoms with E-state index in [9.17, 15) is 9.59 Å². The Kier molecular flexibility index (Phi) is 6.08. The van der Waals surface area contributed by atoms with Crippen LogP contribution >= 0.6 is 0 Å². The summed E-state index contributed by atoms with van der Waals surface area (Å²) in [6.45, 7) is 7.69. The van der Waals surface area contributed by atoms with Crippen LogP contribution in [-0.4, -0.2) is 57.3 Å². The molecule has 8 heteroatoms. The molecule has 0 spiro atoms. The number of carbonyl (C=O) groups excluding carboxylic acids is 1. The highest BCUT2D eigenvalue weighted by Crippen LogP contribution is 2.26. The maximum Gasteiger partial charge on any atom is 0.358 e. The summed E-state index contributed by atoms with van der Waals surface area (Å²) in [4.78, 5) is 34.1. The van der Waals surface area contributed by atoms with E-state index in [2.05, 4.69) is 46.0 Å². The molecule has 2 aromatic heterocycles. The minimum absolute atomic E-state index is 0.142. The number of aromatic nitrogens is 3. The first-order valence-electron chi connectivity index (χ1n) is 10.8. The monoisotopic (exact) mass is 423 g/mol. The quantitative estimate of drug-likeness (QED) is 0.567. The molecule has 0 amide bonds. The Labute approximate surface area is 181 Å². The van der Waals surface area contributed by atoms with Crippen molar-refractivity contribution in [3.8, 4) is 0 Å². The standard InChI is InChI=1S/C23H29N5O3/c1-4-18-15-26(14-17-9-7-6-8-10-17)11-12-27(18)20-13-21(29)25(3)28-16-19(24-22(20)28)23(30)31-5-2/h6-10,13,16,18H,4-5,11-12,14-15H2,1-3H3. The van der Waals surface area contributed by atoms with Gasteiger partial charge in [-0.2, -0.15) is 0 Å². The van der Waals surface area contributed by atoms with Gasteiger partial charge in [0.2, 0.25) is 0 Å². The number of ether oxygens (including phenoxy) is 1. The number of aryl methyl sites for hydroxylation is 1. The highest BCUT2D eigenvalue weighted by atomic mass is 16.5. The van der Waals surface area contributed by atoms with E-state index >= 15 is 0 Å². The number of nitrogens with zero attached hydrogens (tertiary/aromatic N) is 5. The maximum absolute atomic E-state index is 12.7. The van der Waals surface area contributed by atoms with Crippen LogP contribution in [0.25, 0.3) is 5.65 Å². The SMILES string of the molecule is CCOC(=O)c1cn2c(n1)c(N1CCN(Cc3ccccc3)CC1CC)cc(=O)n2C. The summed E-state index contributed by atoms with van der Waals surface area (Å²) >= 11 is 0. The number of benzene rings is 1. The molecular formula is C23H29N5O3. The first-order chi connectivity index (χ1) is 15.0. The summed E-state index contributed by atoms with van der Waals surface area (Å²) in [6, 6.07) is 12.4. The molecule has 3 aromatic rings. The van der Waals surface area contributed by atoms with Gasteiger partial charge in [-0.25, -0.2) is 19.0 Å². The number of esters is 1. The zero-order valence-corrected chi connectivity index (χ0v) is 18.3. The Morgan fingerprint density at radius 1 is 1.19 bits per heavy atom. The number of hydrogen-bond donors (Lipinski definition) is 0. The maximum atomic E-state index is 12.7. The van der Waals surface area contributed by atoms with Gasteiger partial charge in [-0.15, -0.1) is 0 Å². The Hall–Kier alpha value is -3.13. The molecule has 1 unspecified atom stereocenters. The number of imidazole rings is 1. The highest BCUT2D eigenvalue weighted by Gasteiger charge is 2.29. The van der Waals surface area contributed by atoms with Crippen LogP contribution in [0.5, 0.6) is 0 Å². The third-order valence-electron chi connectivity index (χ3n) is 5.90. The van der Waals surface area contributed by atoms with Crippen molar-refractivity contribution in [3.63, 3.8) is 0 Å². The summed E-state index contributed by atoms with van der Waals surface area (Å²) in [5.74, 6) is -0.482. The number of anilines is 1. The van der Waals surface area contributed by atoms with Crippen molar-refractivity contribution >= 4 is 17.3 Å². The second-order valence-electron chi connectivity index (χ2n) is 7.88. The van der Waals surface area contributed by atoms with Crippen LogP contribution in [0.15, 0.2) is 47.4 Å². The molecule has 0 saturated carbocycles. The first-order valence-corrected chi connectivity index (χ1v) is 10.8. The van der Waals surface area contributed by atoms with E-state index in [1.54, 1.807) is 30.8 Å². The van der Waals surface area contributed by atoms with Gasteiger partial charge in [0.15, 0.2) is 11.3 Å². The molecule has 0 radical (unpaired) electrons. The van der Waals surface area contributed by atoms with E-state index in [1.165, 1.54) is 10.2 Å². The van der Waals surface area contributed by atoms with Crippen molar-refractivity contribution in [2.45, 2.75) is 32.9 Å². The molecule has 0 N–H and O–H groups in total. The molecule has 1 atom stereocenters. The third-order valence-corrected chi connectivity index (χ3v) is 5.90. The molecule has 1 aliphatic rings. The zero-order chi connectivity index (χ0) is 22.0. The lowest BCUT2D eigenvalue weighted by molar-refractivity contribution is 0.0520. The summed E-state index contributed by atoms with van der Waals surface area (Å²) in [6.07, 6.45) is 2.52. The number of hydrogen-bond acceptors (Lipinski definition) is 6. The van der Waals surface area contributed by atoms with Gasteiger partial charge in [0.25, 0.3) is 5.56 Å². The van der Waals surface area contributed by atoms with Gasteiger partial charge < -0.3 is 9.64 Å². The third kappa shape index (κ3) is 4.20. The largest absolute Gasteiger partial charge is 0.461 e. The molecule has 0 aliphatic carbocycles. The van der Waals surface area contributed by atoms with Crippen molar-refractivity contribution < 1.29 is 9.53 Å². The zero-order valence-electron chi connectivity index (χ0n) is 18.3. The second-order valence-corrected chi connectivity index (χ2v) is 7.88. The molecule has 8 nitrogen and oxygen atoms in total. The second kappa shape index (κ2) is 8.93. The van der Waals surface area contributed by atoms with Crippen molar-refractivity contribution in [3.05, 3.63) is 64.2 Å². The van der Waals surface area contributed by atoms with Crippen LogP contribution in [0.3, 0.4) is 0 Å². The fourth-order valence-corrected chi connectivity index (χ4v) is 4.24. The van der Waals surface area contributed by atoms with Crippen LogP contribution < -0.4 is 10.5 Å². The lowest BCUT2D eigenvalue weighted by Gasteiger charge is -2.42. The van der Waals surface area contributed by atoms with Gasteiger partial charge >= 0.3 is 5.97 Å². The smallest absolute Gasteiger partial charge is 0.358 e. The van der Waals surface area contributed by atoms with E-state index in [1.807, 2.05) is 6.07 Å². The van der Waals surface area contributed by atoms with E-state index in [0.717, 1.165) is 38.3 Å². The highest BCUT2D eigenvalue weighted by molar-refractivity contribution is 5.89.